The Hall–Kier alpha value is -1.53. The minimum atomic E-state index is -0.185. The van der Waals surface area contributed by atoms with E-state index in [0.29, 0.717) is 6.04 Å². The standard InChI is InChI=1S/C25H29ClFN3S/c26-19-5-8-21-23(16-19)22(18-3-6-20(27)7-4-18)17-24(21)29-13-10-28(11-14-29)12-15-30-9-1-2-25(30)31/h3-8,16,22,24H,1-2,9-15,17H2/t22-,24+/m1/s1. The van der Waals surface area contributed by atoms with Crippen LogP contribution in [0.1, 0.15) is 47.9 Å². The highest BCUT2D eigenvalue weighted by Gasteiger charge is 2.36. The molecule has 6 heteroatoms. The van der Waals surface area contributed by atoms with Crippen LogP contribution in [0, 0.1) is 5.82 Å². The highest BCUT2D eigenvalue weighted by molar-refractivity contribution is 7.80. The minimum Gasteiger partial charge on any atom is -0.365 e. The molecular formula is C25H29ClFN3S. The number of nitrogens with zero attached hydrogens (tertiary/aromatic N) is 3. The van der Waals surface area contributed by atoms with Gasteiger partial charge in [0.2, 0.25) is 0 Å². The fourth-order valence-corrected chi connectivity index (χ4v) is 5.99. The summed E-state index contributed by atoms with van der Waals surface area (Å²) in [4.78, 5) is 8.73. The van der Waals surface area contributed by atoms with E-state index in [-0.39, 0.29) is 11.7 Å². The van der Waals surface area contributed by atoms with Crippen molar-refractivity contribution in [3.05, 3.63) is 70.0 Å². The Morgan fingerprint density at radius 1 is 0.935 bits per heavy atom. The van der Waals surface area contributed by atoms with Crippen molar-refractivity contribution in [2.24, 2.45) is 0 Å². The third kappa shape index (κ3) is 4.51. The van der Waals surface area contributed by atoms with Crippen LogP contribution in [0.15, 0.2) is 42.5 Å². The van der Waals surface area contributed by atoms with Crippen LogP contribution in [-0.4, -0.2) is 65.5 Å². The SMILES string of the molecule is Fc1ccc([C@H]2C[C@H](N3CCN(CCN4CCCC4=S)CC3)c3ccc(Cl)cc32)cc1. The highest BCUT2D eigenvalue weighted by Crippen LogP contribution is 2.47. The van der Waals surface area contributed by atoms with Gasteiger partial charge in [0.05, 0.1) is 4.99 Å². The number of fused-ring (bicyclic) bond motifs is 1. The third-order valence-electron chi connectivity index (χ3n) is 7.22. The van der Waals surface area contributed by atoms with Gasteiger partial charge in [-0.1, -0.05) is 42.0 Å². The average molecular weight is 458 g/mol. The quantitative estimate of drug-likeness (QED) is 0.578. The van der Waals surface area contributed by atoms with E-state index in [1.54, 1.807) is 12.1 Å². The molecule has 3 nitrogen and oxygen atoms in total. The fraction of sp³-hybridized carbons (Fsp3) is 0.480. The van der Waals surface area contributed by atoms with Gasteiger partial charge in [0.15, 0.2) is 0 Å². The number of likely N-dealkylation sites (tertiary alicyclic amines) is 1. The maximum atomic E-state index is 13.5. The molecule has 2 aliphatic heterocycles. The molecule has 2 aromatic carbocycles. The highest BCUT2D eigenvalue weighted by atomic mass is 35.5. The van der Waals surface area contributed by atoms with Crippen molar-refractivity contribution in [1.29, 1.82) is 0 Å². The molecule has 0 N–H and O–H groups in total. The van der Waals surface area contributed by atoms with Crippen molar-refractivity contribution in [3.63, 3.8) is 0 Å². The Morgan fingerprint density at radius 2 is 1.71 bits per heavy atom. The van der Waals surface area contributed by atoms with Crippen molar-refractivity contribution >= 4 is 28.8 Å². The largest absolute Gasteiger partial charge is 0.365 e. The maximum absolute atomic E-state index is 13.5. The summed E-state index contributed by atoms with van der Waals surface area (Å²) >= 11 is 11.8. The first-order chi connectivity index (χ1) is 15.1. The van der Waals surface area contributed by atoms with Crippen molar-refractivity contribution < 1.29 is 4.39 Å². The molecule has 0 saturated carbocycles. The first-order valence-electron chi connectivity index (χ1n) is 11.4. The number of benzene rings is 2. The van der Waals surface area contributed by atoms with Crippen molar-refractivity contribution in [2.75, 3.05) is 45.8 Å². The predicted molar refractivity (Wildman–Crippen MR) is 128 cm³/mol. The van der Waals surface area contributed by atoms with Crippen LogP contribution in [0.5, 0.6) is 0 Å². The molecule has 5 rings (SSSR count). The van der Waals surface area contributed by atoms with Crippen LogP contribution in [0.3, 0.4) is 0 Å². The number of piperazine rings is 1. The number of hydrogen-bond donors (Lipinski definition) is 0. The van der Waals surface area contributed by atoms with Crippen LogP contribution < -0.4 is 0 Å². The second-order valence-corrected chi connectivity index (χ2v) is 9.90. The topological polar surface area (TPSA) is 9.72 Å². The summed E-state index contributed by atoms with van der Waals surface area (Å²) in [6.07, 6.45) is 3.33. The van der Waals surface area contributed by atoms with Gasteiger partial charge in [-0.25, -0.2) is 4.39 Å². The lowest BCUT2D eigenvalue weighted by molar-refractivity contribution is 0.0920. The Kier molecular flexibility index (Phi) is 6.29. The lowest BCUT2D eigenvalue weighted by Gasteiger charge is -2.39. The molecule has 2 heterocycles. The summed E-state index contributed by atoms with van der Waals surface area (Å²) in [6, 6.07) is 13.7. The maximum Gasteiger partial charge on any atom is 0.123 e. The molecular weight excluding hydrogens is 429 g/mol. The van der Waals surface area contributed by atoms with Gasteiger partial charge in [-0.3, -0.25) is 9.80 Å². The van der Waals surface area contributed by atoms with Gasteiger partial charge < -0.3 is 4.90 Å². The Bertz CT molecular complexity index is 942. The van der Waals surface area contributed by atoms with E-state index in [9.17, 15) is 4.39 Å². The van der Waals surface area contributed by atoms with Gasteiger partial charge in [-0.05, 0) is 60.2 Å². The summed E-state index contributed by atoms with van der Waals surface area (Å²) in [5.41, 5.74) is 3.86. The molecule has 3 aliphatic rings. The number of rotatable bonds is 5. The van der Waals surface area contributed by atoms with Gasteiger partial charge >= 0.3 is 0 Å². The van der Waals surface area contributed by atoms with Gasteiger partial charge in [-0.2, -0.15) is 0 Å². The predicted octanol–water partition coefficient (Wildman–Crippen LogP) is 5.10. The van der Waals surface area contributed by atoms with Gasteiger partial charge in [0.25, 0.3) is 0 Å². The van der Waals surface area contributed by atoms with E-state index in [2.05, 4.69) is 26.8 Å². The molecule has 0 amide bonds. The molecule has 164 valence electrons. The Morgan fingerprint density at radius 3 is 2.42 bits per heavy atom. The number of thiocarbonyl (C=S) groups is 1. The number of halogens is 2. The first-order valence-corrected chi connectivity index (χ1v) is 12.2. The van der Waals surface area contributed by atoms with E-state index in [1.165, 1.54) is 23.1 Å². The van der Waals surface area contributed by atoms with E-state index in [1.807, 2.05) is 18.2 Å². The lowest BCUT2D eigenvalue weighted by Crippen LogP contribution is -2.49. The molecule has 2 atom stereocenters. The minimum absolute atomic E-state index is 0.185. The first kappa shape index (κ1) is 21.3. The van der Waals surface area contributed by atoms with E-state index in [0.717, 1.165) is 68.7 Å². The third-order valence-corrected chi connectivity index (χ3v) is 7.92. The van der Waals surface area contributed by atoms with E-state index in [4.69, 9.17) is 23.8 Å². The van der Waals surface area contributed by atoms with E-state index < -0.39 is 0 Å². The summed E-state index contributed by atoms with van der Waals surface area (Å²) in [7, 11) is 0. The monoisotopic (exact) mass is 457 g/mol. The zero-order valence-electron chi connectivity index (χ0n) is 17.8. The smallest absolute Gasteiger partial charge is 0.123 e. The van der Waals surface area contributed by atoms with Crippen molar-refractivity contribution in [2.45, 2.75) is 31.2 Å². The van der Waals surface area contributed by atoms with E-state index >= 15 is 0 Å². The average Bonchev–Trinajstić information content (AvgIpc) is 3.36. The lowest BCUT2D eigenvalue weighted by atomic mass is 9.93. The molecule has 2 saturated heterocycles. The molecule has 0 radical (unpaired) electrons. The summed E-state index contributed by atoms with van der Waals surface area (Å²) in [5, 5.41) is 0.774. The van der Waals surface area contributed by atoms with Crippen molar-refractivity contribution in [3.8, 4) is 0 Å². The van der Waals surface area contributed by atoms with Gasteiger partial charge in [0.1, 0.15) is 5.82 Å². The zero-order valence-corrected chi connectivity index (χ0v) is 19.3. The molecule has 1 aliphatic carbocycles. The Balaban J connectivity index is 1.25. The summed E-state index contributed by atoms with van der Waals surface area (Å²) in [6.45, 7) is 7.65. The van der Waals surface area contributed by atoms with Crippen LogP contribution in [-0.2, 0) is 0 Å². The van der Waals surface area contributed by atoms with Gasteiger partial charge in [0, 0.05) is 62.8 Å². The Labute approximate surface area is 194 Å². The van der Waals surface area contributed by atoms with Gasteiger partial charge in [-0.15, -0.1) is 0 Å². The van der Waals surface area contributed by atoms with Crippen LogP contribution in [0.4, 0.5) is 4.39 Å². The molecule has 2 fully saturated rings. The summed E-state index contributed by atoms with van der Waals surface area (Å²) < 4.78 is 13.5. The molecule has 31 heavy (non-hydrogen) atoms. The normalized spacial score (nSPS) is 24.7. The van der Waals surface area contributed by atoms with Crippen LogP contribution in [0.25, 0.3) is 0 Å². The second kappa shape index (κ2) is 9.14. The zero-order chi connectivity index (χ0) is 21.4. The molecule has 0 aromatic heterocycles. The fourth-order valence-electron chi connectivity index (χ4n) is 5.49. The molecule has 2 aromatic rings. The van der Waals surface area contributed by atoms with Crippen LogP contribution in [0.2, 0.25) is 5.02 Å². The van der Waals surface area contributed by atoms with Crippen LogP contribution >= 0.6 is 23.8 Å². The summed E-state index contributed by atoms with van der Waals surface area (Å²) in [5.74, 6) is 0.0870. The number of hydrogen-bond acceptors (Lipinski definition) is 3. The molecule has 0 spiro atoms. The van der Waals surface area contributed by atoms with Crippen molar-refractivity contribution in [1.82, 2.24) is 14.7 Å². The second-order valence-electron chi connectivity index (χ2n) is 8.99. The molecule has 0 bridgehead atoms. The molecule has 0 unspecified atom stereocenters.